The summed E-state index contributed by atoms with van der Waals surface area (Å²) in [6.07, 6.45) is 1.82. The molecule has 0 aliphatic rings. The maximum absolute atomic E-state index is 5.75. The van der Waals surface area contributed by atoms with Gasteiger partial charge in [-0.3, -0.25) is 9.98 Å². The van der Waals surface area contributed by atoms with Crippen molar-refractivity contribution in [1.29, 1.82) is 0 Å². The monoisotopic (exact) mass is 362 g/mol. The van der Waals surface area contributed by atoms with Gasteiger partial charge in [-0.2, -0.15) is 0 Å². The lowest BCUT2D eigenvalue weighted by molar-refractivity contribution is 0.336. The molecule has 0 atom stereocenters. The Morgan fingerprint density at radius 3 is 2.59 bits per heavy atom. The molecule has 3 aromatic rings. The molecule has 0 spiro atoms. The number of rotatable bonds is 6. The van der Waals surface area contributed by atoms with Crippen molar-refractivity contribution in [3.05, 3.63) is 71.4 Å². The molecule has 0 radical (unpaired) electrons. The first-order valence-electron chi connectivity index (χ1n) is 9.20. The lowest BCUT2D eigenvalue weighted by Crippen LogP contribution is -2.36. The number of fused-ring (bicyclic) bond motifs is 1. The zero-order chi connectivity index (χ0) is 19.1. The SMILES string of the molecule is CCOc1cc(C)ccc1CNC(=NC)NCc1cccc2cccnc12. The van der Waals surface area contributed by atoms with E-state index < -0.39 is 0 Å². The fraction of sp³-hybridized carbons (Fsp3) is 0.273. The van der Waals surface area contributed by atoms with Crippen LogP contribution in [-0.4, -0.2) is 24.6 Å². The Morgan fingerprint density at radius 2 is 1.81 bits per heavy atom. The van der Waals surface area contributed by atoms with Gasteiger partial charge in [0.05, 0.1) is 12.1 Å². The predicted molar refractivity (Wildman–Crippen MR) is 111 cm³/mol. The average molecular weight is 362 g/mol. The molecule has 1 heterocycles. The molecule has 3 rings (SSSR count). The molecule has 0 amide bonds. The van der Waals surface area contributed by atoms with Crippen molar-refractivity contribution in [2.24, 2.45) is 4.99 Å². The number of nitrogens with one attached hydrogen (secondary N) is 2. The highest BCUT2D eigenvalue weighted by atomic mass is 16.5. The summed E-state index contributed by atoms with van der Waals surface area (Å²) in [7, 11) is 1.77. The van der Waals surface area contributed by atoms with Crippen LogP contribution in [0.3, 0.4) is 0 Å². The molecular weight excluding hydrogens is 336 g/mol. The first-order chi connectivity index (χ1) is 13.2. The second kappa shape index (κ2) is 9.03. The van der Waals surface area contributed by atoms with Crippen LogP contribution in [0.2, 0.25) is 0 Å². The zero-order valence-corrected chi connectivity index (χ0v) is 16.1. The summed E-state index contributed by atoms with van der Waals surface area (Å²) in [5.74, 6) is 1.66. The molecule has 0 aliphatic carbocycles. The van der Waals surface area contributed by atoms with Crippen LogP contribution in [0.25, 0.3) is 10.9 Å². The predicted octanol–water partition coefficient (Wildman–Crippen LogP) is 3.81. The Balaban J connectivity index is 1.65. The summed E-state index contributed by atoms with van der Waals surface area (Å²) in [4.78, 5) is 8.83. The quantitative estimate of drug-likeness (QED) is 0.517. The van der Waals surface area contributed by atoms with Gasteiger partial charge in [-0.15, -0.1) is 0 Å². The number of pyridine rings is 1. The number of hydrogen-bond acceptors (Lipinski definition) is 3. The van der Waals surface area contributed by atoms with Crippen molar-refractivity contribution in [1.82, 2.24) is 15.6 Å². The van der Waals surface area contributed by atoms with Crippen LogP contribution in [0.1, 0.15) is 23.6 Å². The number of aliphatic imine (C=N–C) groups is 1. The minimum absolute atomic E-state index is 0.642. The summed E-state index contributed by atoms with van der Waals surface area (Å²) >= 11 is 0. The Morgan fingerprint density at radius 1 is 1.04 bits per heavy atom. The van der Waals surface area contributed by atoms with Crippen LogP contribution in [0.4, 0.5) is 0 Å². The highest BCUT2D eigenvalue weighted by Gasteiger charge is 2.07. The van der Waals surface area contributed by atoms with Crippen molar-refractivity contribution >= 4 is 16.9 Å². The van der Waals surface area contributed by atoms with Gasteiger partial charge in [0.25, 0.3) is 0 Å². The summed E-state index contributed by atoms with van der Waals surface area (Å²) < 4.78 is 5.75. The topological polar surface area (TPSA) is 58.5 Å². The maximum Gasteiger partial charge on any atom is 0.191 e. The van der Waals surface area contributed by atoms with E-state index in [0.29, 0.717) is 19.7 Å². The first kappa shape index (κ1) is 18.7. The largest absolute Gasteiger partial charge is 0.494 e. The Bertz CT molecular complexity index is 931. The molecule has 5 nitrogen and oxygen atoms in total. The lowest BCUT2D eigenvalue weighted by Gasteiger charge is -2.15. The van der Waals surface area contributed by atoms with Crippen LogP contribution >= 0.6 is 0 Å². The average Bonchev–Trinajstić information content (AvgIpc) is 2.69. The van der Waals surface area contributed by atoms with Crippen LogP contribution in [-0.2, 0) is 13.1 Å². The van der Waals surface area contributed by atoms with Gasteiger partial charge in [0.2, 0.25) is 0 Å². The fourth-order valence-electron chi connectivity index (χ4n) is 2.99. The lowest BCUT2D eigenvalue weighted by atomic mass is 10.1. The van der Waals surface area contributed by atoms with Crippen molar-refractivity contribution in [3.63, 3.8) is 0 Å². The van der Waals surface area contributed by atoms with E-state index in [4.69, 9.17) is 4.74 Å². The third-order valence-electron chi connectivity index (χ3n) is 4.35. The minimum atomic E-state index is 0.642. The number of hydrogen-bond donors (Lipinski definition) is 2. The molecule has 140 valence electrons. The molecule has 0 unspecified atom stereocenters. The van der Waals surface area contributed by atoms with Gasteiger partial charge in [-0.25, -0.2) is 0 Å². The first-order valence-corrected chi connectivity index (χ1v) is 9.20. The van der Waals surface area contributed by atoms with E-state index in [1.807, 2.05) is 19.2 Å². The molecule has 1 aromatic heterocycles. The number of aromatic nitrogens is 1. The number of aryl methyl sites for hydroxylation is 1. The van der Waals surface area contributed by atoms with E-state index in [-0.39, 0.29) is 0 Å². The maximum atomic E-state index is 5.75. The van der Waals surface area contributed by atoms with Crippen LogP contribution in [0, 0.1) is 6.92 Å². The molecule has 0 aliphatic heterocycles. The van der Waals surface area contributed by atoms with E-state index in [2.05, 4.69) is 70.0 Å². The van der Waals surface area contributed by atoms with Crippen LogP contribution in [0.15, 0.2) is 59.7 Å². The second-order valence-corrected chi connectivity index (χ2v) is 6.32. The number of para-hydroxylation sites is 1. The number of benzene rings is 2. The minimum Gasteiger partial charge on any atom is -0.494 e. The number of nitrogens with zero attached hydrogens (tertiary/aromatic N) is 2. The highest BCUT2D eigenvalue weighted by Crippen LogP contribution is 2.20. The third kappa shape index (κ3) is 4.76. The van der Waals surface area contributed by atoms with E-state index in [1.54, 1.807) is 7.05 Å². The standard InChI is InChI=1S/C22H26N4O/c1-4-27-20-13-16(2)10-11-18(20)14-25-22(23-3)26-15-19-8-5-7-17-9-6-12-24-21(17)19/h5-13H,4,14-15H2,1-3H3,(H2,23,25,26). The van der Waals surface area contributed by atoms with Gasteiger partial charge < -0.3 is 15.4 Å². The summed E-state index contributed by atoms with van der Waals surface area (Å²) in [6, 6.07) is 16.5. The zero-order valence-electron chi connectivity index (χ0n) is 16.1. The van der Waals surface area contributed by atoms with E-state index in [0.717, 1.165) is 33.7 Å². The Labute approximate surface area is 160 Å². The smallest absolute Gasteiger partial charge is 0.191 e. The molecule has 2 N–H and O–H groups in total. The molecule has 2 aromatic carbocycles. The van der Waals surface area contributed by atoms with Gasteiger partial charge in [-0.05, 0) is 37.1 Å². The molecule has 0 saturated carbocycles. The molecule has 5 heteroatoms. The molecular formula is C22H26N4O. The Hall–Kier alpha value is -3.08. The molecule has 27 heavy (non-hydrogen) atoms. The van der Waals surface area contributed by atoms with Gasteiger partial charge in [0.1, 0.15) is 5.75 Å². The van der Waals surface area contributed by atoms with Crippen molar-refractivity contribution in [3.8, 4) is 5.75 Å². The summed E-state index contributed by atoms with van der Waals surface area (Å²) in [5.41, 5.74) is 4.45. The van der Waals surface area contributed by atoms with Gasteiger partial charge in [0.15, 0.2) is 5.96 Å². The van der Waals surface area contributed by atoms with Crippen LogP contribution < -0.4 is 15.4 Å². The van der Waals surface area contributed by atoms with E-state index >= 15 is 0 Å². The van der Waals surface area contributed by atoms with Gasteiger partial charge >= 0.3 is 0 Å². The third-order valence-corrected chi connectivity index (χ3v) is 4.35. The normalized spacial score (nSPS) is 11.4. The summed E-state index contributed by atoms with van der Waals surface area (Å²) in [5, 5.41) is 7.87. The van der Waals surface area contributed by atoms with Crippen molar-refractivity contribution in [2.75, 3.05) is 13.7 Å². The van der Waals surface area contributed by atoms with Gasteiger partial charge in [-0.1, -0.05) is 36.4 Å². The molecule has 0 saturated heterocycles. The second-order valence-electron chi connectivity index (χ2n) is 6.32. The van der Waals surface area contributed by atoms with E-state index in [9.17, 15) is 0 Å². The molecule has 0 fully saturated rings. The Kier molecular flexibility index (Phi) is 6.26. The van der Waals surface area contributed by atoms with Gasteiger partial charge in [0, 0.05) is 37.3 Å². The van der Waals surface area contributed by atoms with E-state index in [1.165, 1.54) is 5.56 Å². The summed E-state index contributed by atoms with van der Waals surface area (Å²) in [6.45, 7) is 6.01. The number of ether oxygens (including phenoxy) is 1. The molecule has 0 bridgehead atoms. The van der Waals surface area contributed by atoms with Crippen LogP contribution in [0.5, 0.6) is 5.75 Å². The highest BCUT2D eigenvalue weighted by molar-refractivity contribution is 5.83. The van der Waals surface area contributed by atoms with Crippen molar-refractivity contribution in [2.45, 2.75) is 26.9 Å². The van der Waals surface area contributed by atoms with Crippen molar-refractivity contribution < 1.29 is 4.74 Å². The fourth-order valence-corrected chi connectivity index (χ4v) is 2.99. The number of guanidine groups is 1.